The van der Waals surface area contributed by atoms with Gasteiger partial charge in [0.2, 0.25) is 0 Å². The monoisotopic (exact) mass is 783 g/mol. The third kappa shape index (κ3) is 10.6. The zero-order valence-corrected chi connectivity index (χ0v) is 34.7. The summed E-state index contributed by atoms with van der Waals surface area (Å²) in [5.74, 6) is 2.97. The van der Waals surface area contributed by atoms with Gasteiger partial charge in [-0.05, 0) is 112 Å². The summed E-state index contributed by atoms with van der Waals surface area (Å²) < 4.78 is 0. The Morgan fingerprint density at radius 1 is 0.685 bits per heavy atom. The maximum absolute atomic E-state index is 11.5. The van der Waals surface area contributed by atoms with E-state index in [1.54, 1.807) is 6.21 Å². The molecular formula is C43H64CoN8O2. The number of aliphatic imine (C=N–C) groups is 4. The number of guanidine groups is 2. The summed E-state index contributed by atoms with van der Waals surface area (Å²) in [6, 6.07) is 8.36. The molecule has 2 aromatic rings. The van der Waals surface area contributed by atoms with Crippen LogP contribution in [0.1, 0.15) is 107 Å². The van der Waals surface area contributed by atoms with Gasteiger partial charge in [0.25, 0.3) is 0 Å². The van der Waals surface area contributed by atoms with Gasteiger partial charge in [0.1, 0.15) is 11.5 Å². The molecule has 0 spiro atoms. The Bertz CT molecular complexity index is 1710. The molecule has 0 aliphatic carbocycles. The van der Waals surface area contributed by atoms with Crippen molar-refractivity contribution in [1.82, 2.24) is 19.6 Å². The molecule has 4 aliphatic heterocycles. The number of nitrogens with zero attached hydrogens (tertiary/aromatic N) is 8. The molecule has 0 bridgehead atoms. The summed E-state index contributed by atoms with van der Waals surface area (Å²) in [4.78, 5) is 29.1. The van der Waals surface area contributed by atoms with Crippen molar-refractivity contribution in [2.45, 2.75) is 104 Å². The molecule has 297 valence electrons. The van der Waals surface area contributed by atoms with Crippen molar-refractivity contribution in [2.24, 2.45) is 20.0 Å². The molecule has 0 atom stereocenters. The fourth-order valence-corrected chi connectivity index (χ4v) is 8.02. The van der Waals surface area contributed by atoms with E-state index in [0.717, 1.165) is 132 Å². The summed E-state index contributed by atoms with van der Waals surface area (Å²) in [5.41, 5.74) is 5.16. The van der Waals surface area contributed by atoms with Crippen LogP contribution in [0, 0.1) is 6.92 Å². The number of rotatable bonds is 13. The maximum Gasteiger partial charge on any atom is 0.196 e. The van der Waals surface area contributed by atoms with Crippen molar-refractivity contribution in [1.29, 1.82) is 0 Å². The largest absolute Gasteiger partial charge is 0.507 e. The maximum atomic E-state index is 11.5. The quantitative estimate of drug-likeness (QED) is 0.228. The Kier molecular flexibility index (Phi) is 14.2. The zero-order chi connectivity index (χ0) is 37.6. The first-order valence-electron chi connectivity index (χ1n) is 20.2. The minimum atomic E-state index is -0.506. The number of aryl methyl sites for hydroxylation is 3. The van der Waals surface area contributed by atoms with Gasteiger partial charge in [-0.15, -0.1) is 0 Å². The zero-order valence-electron chi connectivity index (χ0n) is 33.7. The average molecular weight is 784 g/mol. The second-order valence-corrected chi connectivity index (χ2v) is 17.2. The van der Waals surface area contributed by atoms with Crippen molar-refractivity contribution < 1.29 is 27.0 Å². The smallest absolute Gasteiger partial charge is 0.196 e. The molecule has 1 radical (unpaired) electrons. The molecule has 2 fully saturated rings. The molecule has 0 amide bonds. The minimum absolute atomic E-state index is 0. The molecule has 2 saturated heterocycles. The van der Waals surface area contributed by atoms with Gasteiger partial charge in [0.05, 0.1) is 12.1 Å². The summed E-state index contributed by atoms with van der Waals surface area (Å²) in [6.07, 6.45) is 11.8. The molecule has 4 aliphatic rings. The molecule has 54 heavy (non-hydrogen) atoms. The van der Waals surface area contributed by atoms with Gasteiger partial charge in [-0.2, -0.15) is 0 Å². The van der Waals surface area contributed by atoms with Crippen LogP contribution in [0.5, 0.6) is 11.5 Å². The van der Waals surface area contributed by atoms with E-state index >= 15 is 0 Å². The van der Waals surface area contributed by atoms with Gasteiger partial charge >= 0.3 is 0 Å². The molecule has 2 N–H and O–H groups in total. The van der Waals surface area contributed by atoms with Gasteiger partial charge < -0.3 is 29.8 Å². The predicted molar refractivity (Wildman–Crippen MR) is 220 cm³/mol. The van der Waals surface area contributed by atoms with Crippen LogP contribution >= 0.6 is 0 Å². The fourth-order valence-electron chi connectivity index (χ4n) is 8.02. The van der Waals surface area contributed by atoms with Gasteiger partial charge in [-0.3, -0.25) is 20.0 Å². The van der Waals surface area contributed by atoms with Crippen LogP contribution in [0.3, 0.4) is 0 Å². The first-order valence-corrected chi connectivity index (χ1v) is 20.2. The second kappa shape index (κ2) is 18.4. The van der Waals surface area contributed by atoms with Crippen molar-refractivity contribution in [2.75, 3.05) is 72.0 Å². The van der Waals surface area contributed by atoms with E-state index in [-0.39, 0.29) is 22.2 Å². The van der Waals surface area contributed by atoms with Crippen LogP contribution in [0.4, 0.5) is 0 Å². The summed E-state index contributed by atoms with van der Waals surface area (Å²) in [6.45, 7) is 23.6. The van der Waals surface area contributed by atoms with Crippen molar-refractivity contribution >= 4 is 24.3 Å². The number of hydrogen-bond donors (Lipinski definition) is 2. The number of fused-ring (bicyclic) bond motifs is 2. The van der Waals surface area contributed by atoms with E-state index in [2.05, 4.69) is 79.3 Å². The van der Waals surface area contributed by atoms with Gasteiger partial charge in [0.15, 0.2) is 11.9 Å². The van der Waals surface area contributed by atoms with Crippen molar-refractivity contribution in [3.8, 4) is 11.5 Å². The fraction of sp³-hybridized carbons (Fsp3) is 0.628. The Hall–Kier alpha value is -3.57. The van der Waals surface area contributed by atoms with Crippen molar-refractivity contribution in [3.63, 3.8) is 0 Å². The number of benzene rings is 2. The van der Waals surface area contributed by atoms with E-state index < -0.39 is 5.54 Å². The Balaban J connectivity index is 0.00000561. The normalized spacial score (nSPS) is 18.1. The molecule has 11 heteroatoms. The predicted octanol–water partition coefficient (Wildman–Crippen LogP) is 6.42. The number of hydrogen-bond acceptors (Lipinski definition) is 10. The average Bonchev–Trinajstić information content (AvgIpc) is 3.13. The van der Waals surface area contributed by atoms with E-state index in [0.29, 0.717) is 18.0 Å². The van der Waals surface area contributed by atoms with E-state index in [1.807, 2.05) is 12.3 Å². The molecule has 2 aromatic carbocycles. The van der Waals surface area contributed by atoms with E-state index in [9.17, 15) is 10.2 Å². The Morgan fingerprint density at radius 2 is 1.20 bits per heavy atom. The third-order valence-electron chi connectivity index (χ3n) is 11.0. The second-order valence-electron chi connectivity index (χ2n) is 17.2. The standard InChI is InChI=1S/C43H64N8O2.Co/c1-32-25-33(13-7-17-48-21-11-23-50-19-9-15-45-40(48)50)38(52)35(26-32)29-44-31-43(5,6)47-30-36-28-37(42(2,3)4)27-34(39(36)53)14-8-18-49-22-12-24-51-20-10-16-46-41(49)51;/h25-30,52-53H,7-24,31H2,1-6H3;. The number of phenols is 2. The molecule has 4 heterocycles. The van der Waals surface area contributed by atoms with Crippen LogP contribution in [-0.2, 0) is 35.0 Å². The number of aromatic hydroxyl groups is 2. The Morgan fingerprint density at radius 3 is 1.76 bits per heavy atom. The number of phenolic OH excluding ortho intramolecular Hbond substituents is 2. The minimum Gasteiger partial charge on any atom is -0.507 e. The first kappa shape index (κ1) is 41.6. The van der Waals surface area contributed by atoms with Crippen LogP contribution in [-0.4, -0.2) is 132 Å². The van der Waals surface area contributed by atoms with E-state index in [4.69, 9.17) is 20.0 Å². The van der Waals surface area contributed by atoms with Gasteiger partial charge in [-0.25, -0.2) is 0 Å². The van der Waals surface area contributed by atoms with Crippen LogP contribution in [0.15, 0.2) is 44.2 Å². The van der Waals surface area contributed by atoms with Crippen molar-refractivity contribution in [3.05, 3.63) is 57.6 Å². The summed E-state index contributed by atoms with van der Waals surface area (Å²) in [7, 11) is 0. The molecule has 0 aromatic heterocycles. The molecule has 10 nitrogen and oxygen atoms in total. The van der Waals surface area contributed by atoms with Crippen LogP contribution in [0.2, 0.25) is 0 Å². The van der Waals surface area contributed by atoms with Gasteiger partial charge in [0, 0.05) is 106 Å². The molecular weight excluding hydrogens is 719 g/mol. The third-order valence-corrected chi connectivity index (χ3v) is 11.0. The first-order chi connectivity index (χ1) is 25.4. The van der Waals surface area contributed by atoms with E-state index in [1.165, 1.54) is 30.3 Å². The summed E-state index contributed by atoms with van der Waals surface area (Å²) >= 11 is 0. The van der Waals surface area contributed by atoms with Crippen LogP contribution in [0.25, 0.3) is 0 Å². The molecule has 0 unspecified atom stereocenters. The summed E-state index contributed by atoms with van der Waals surface area (Å²) in [5, 5.41) is 22.7. The molecule has 0 saturated carbocycles. The van der Waals surface area contributed by atoms with Gasteiger partial charge in [-0.1, -0.05) is 32.9 Å². The Labute approximate surface area is 334 Å². The molecule has 6 rings (SSSR count). The SMILES string of the molecule is Cc1cc(C=NCC(C)(C)N=Cc2cc(C(C)(C)C)cc(CCCN3CCCN4CCCN=C43)c2O)c(O)c(CCCN2CCCN3CCCN=C32)c1.[Co]. The topological polar surface area (TPSA) is 103 Å². The van der Waals surface area contributed by atoms with Crippen LogP contribution < -0.4 is 0 Å².